The maximum absolute atomic E-state index is 12.9. The second-order valence-corrected chi connectivity index (χ2v) is 11.6. The summed E-state index contributed by atoms with van der Waals surface area (Å²) in [6.45, 7) is 3.84. The molecule has 1 aromatic heterocycles. The van der Waals surface area contributed by atoms with Crippen LogP contribution < -0.4 is 0 Å². The molecular formula is C19H25F3N4O3S. The average molecular weight is 446 g/mol. The van der Waals surface area contributed by atoms with Crippen LogP contribution in [0.2, 0.25) is 0 Å². The van der Waals surface area contributed by atoms with Gasteiger partial charge in [0.05, 0.1) is 25.1 Å². The summed E-state index contributed by atoms with van der Waals surface area (Å²) >= 11 is 0. The third-order valence-electron chi connectivity index (χ3n) is 7.47. The molecule has 2 aliphatic heterocycles. The van der Waals surface area contributed by atoms with Crippen LogP contribution >= 0.6 is 0 Å². The van der Waals surface area contributed by atoms with Gasteiger partial charge < -0.3 is 9.64 Å². The molecule has 2 saturated heterocycles. The van der Waals surface area contributed by atoms with Crippen molar-refractivity contribution in [2.24, 2.45) is 10.8 Å². The number of hydrogen-bond donors (Lipinski definition) is 0. The fraction of sp³-hybridized carbons (Fsp3) is 0.789. The Hall–Kier alpha value is -1.30. The van der Waals surface area contributed by atoms with Gasteiger partial charge in [-0.3, -0.25) is 0 Å². The first-order chi connectivity index (χ1) is 13.9. The topological polar surface area (TPSA) is 75.6 Å². The zero-order chi connectivity index (χ0) is 21.5. The Bertz CT molecular complexity index is 958. The molecule has 2 aliphatic carbocycles. The van der Waals surface area contributed by atoms with Crippen molar-refractivity contribution in [1.29, 1.82) is 0 Å². The minimum absolute atomic E-state index is 0.00627. The summed E-state index contributed by atoms with van der Waals surface area (Å²) in [6.07, 6.45) is 0.351. The summed E-state index contributed by atoms with van der Waals surface area (Å²) in [4.78, 5) is 8.78. The van der Waals surface area contributed by atoms with Crippen LogP contribution in [-0.2, 0) is 20.9 Å². The number of ether oxygens (including phenoxy) is 1. The third kappa shape index (κ3) is 3.08. The van der Waals surface area contributed by atoms with E-state index in [4.69, 9.17) is 4.74 Å². The highest BCUT2D eigenvalue weighted by Gasteiger charge is 2.59. The van der Waals surface area contributed by atoms with Crippen molar-refractivity contribution >= 4 is 10.0 Å². The molecule has 1 aromatic rings. The predicted octanol–water partition coefficient (Wildman–Crippen LogP) is 2.07. The lowest BCUT2D eigenvalue weighted by Crippen LogP contribution is -2.69. The Morgan fingerprint density at radius 3 is 2.17 bits per heavy atom. The van der Waals surface area contributed by atoms with Gasteiger partial charge in [-0.15, -0.1) is 0 Å². The average Bonchev–Trinajstić information content (AvgIpc) is 2.48. The molecule has 0 radical (unpaired) electrons. The number of halogens is 3. The van der Waals surface area contributed by atoms with E-state index in [0.29, 0.717) is 30.6 Å². The van der Waals surface area contributed by atoms with Gasteiger partial charge in [-0.05, 0) is 39.7 Å². The normalized spacial score (nSPS) is 28.1. The Morgan fingerprint density at radius 2 is 1.70 bits per heavy atom. The molecule has 0 unspecified atom stereocenters. The Kier molecular flexibility index (Phi) is 4.37. The second-order valence-electron chi connectivity index (χ2n) is 9.70. The molecule has 3 heterocycles. The summed E-state index contributed by atoms with van der Waals surface area (Å²) in [5, 5.41) is 0. The Morgan fingerprint density at radius 1 is 1.13 bits per heavy atom. The smallest absolute Gasteiger partial charge is 0.380 e. The lowest BCUT2D eigenvalue weighted by molar-refractivity contribution is -0.195. The van der Waals surface area contributed by atoms with E-state index >= 15 is 0 Å². The van der Waals surface area contributed by atoms with Crippen LogP contribution in [0.3, 0.4) is 0 Å². The highest BCUT2D eigenvalue weighted by Crippen LogP contribution is 2.55. The van der Waals surface area contributed by atoms with E-state index in [1.54, 1.807) is 0 Å². The van der Waals surface area contributed by atoms with Crippen LogP contribution in [0, 0.1) is 17.8 Å². The molecule has 11 heteroatoms. The van der Waals surface area contributed by atoms with E-state index in [9.17, 15) is 21.6 Å². The minimum Gasteiger partial charge on any atom is -0.380 e. The van der Waals surface area contributed by atoms with Gasteiger partial charge in [-0.1, -0.05) is 0 Å². The fourth-order valence-electron chi connectivity index (χ4n) is 5.50. The molecular weight excluding hydrogens is 421 g/mol. The number of sulfonamides is 1. The molecule has 0 amide bonds. The number of aryl methyl sites for hydroxylation is 1. The highest BCUT2D eigenvalue weighted by atomic mass is 32.2. The number of nitrogens with zero attached hydrogens (tertiary/aromatic N) is 4. The van der Waals surface area contributed by atoms with E-state index in [0.717, 1.165) is 32.3 Å². The summed E-state index contributed by atoms with van der Waals surface area (Å²) in [5.74, 6) is -1.32. The van der Waals surface area contributed by atoms with Gasteiger partial charge >= 0.3 is 6.18 Å². The van der Waals surface area contributed by atoms with Gasteiger partial charge in [0.1, 0.15) is 4.90 Å². The van der Waals surface area contributed by atoms with Crippen LogP contribution in [-0.4, -0.2) is 73.0 Å². The van der Waals surface area contributed by atoms with E-state index in [1.165, 1.54) is 24.1 Å². The van der Waals surface area contributed by atoms with Crippen LogP contribution in [0.4, 0.5) is 13.2 Å². The zero-order valence-electron chi connectivity index (χ0n) is 16.9. The lowest BCUT2D eigenvalue weighted by atomic mass is 9.59. The summed E-state index contributed by atoms with van der Waals surface area (Å²) in [7, 11) is -1.73. The molecule has 166 valence electrons. The Labute approximate surface area is 173 Å². The van der Waals surface area contributed by atoms with Crippen LogP contribution in [0.25, 0.3) is 0 Å². The molecule has 0 bridgehead atoms. The molecule has 5 rings (SSSR count). The van der Waals surface area contributed by atoms with Crippen molar-refractivity contribution in [3.05, 3.63) is 17.7 Å². The van der Waals surface area contributed by atoms with Gasteiger partial charge in [0.2, 0.25) is 15.8 Å². The maximum Gasteiger partial charge on any atom is 0.451 e. The Balaban J connectivity index is 1.18. The van der Waals surface area contributed by atoms with E-state index in [2.05, 4.69) is 21.9 Å². The first-order valence-electron chi connectivity index (χ1n) is 10.1. The van der Waals surface area contributed by atoms with Gasteiger partial charge in [0, 0.05) is 36.0 Å². The highest BCUT2D eigenvalue weighted by molar-refractivity contribution is 7.89. The summed E-state index contributed by atoms with van der Waals surface area (Å²) in [6, 6.07) is 1.05. The van der Waals surface area contributed by atoms with Crippen molar-refractivity contribution in [1.82, 2.24) is 19.2 Å². The van der Waals surface area contributed by atoms with Crippen LogP contribution in [0.5, 0.6) is 0 Å². The van der Waals surface area contributed by atoms with Crippen molar-refractivity contribution in [2.75, 3.05) is 33.4 Å². The standard InChI is InChI=1S/C19H25F3N4O3S/c1-12-15(7-23-16(24-12)19(20,21)22)30(27,28)26-8-17(9-26)3-13(4-17)25(2)14-5-18(6-14)10-29-11-18/h7,13-14H,3-6,8-11H2,1-2H3. The molecule has 2 spiro atoms. The monoisotopic (exact) mass is 446 g/mol. The quantitative estimate of drug-likeness (QED) is 0.705. The summed E-state index contributed by atoms with van der Waals surface area (Å²) in [5.41, 5.74) is 0.236. The largest absolute Gasteiger partial charge is 0.451 e. The molecule has 2 saturated carbocycles. The SMILES string of the molecule is Cc1nc(C(F)(F)F)ncc1S(=O)(=O)N1CC2(CC(N(C)C3CC4(COC4)C3)C2)C1. The molecule has 4 fully saturated rings. The number of hydrogen-bond acceptors (Lipinski definition) is 6. The van der Waals surface area contributed by atoms with Crippen LogP contribution in [0.1, 0.15) is 37.2 Å². The number of rotatable bonds is 4. The maximum atomic E-state index is 12.9. The van der Waals surface area contributed by atoms with Crippen molar-refractivity contribution in [2.45, 2.75) is 55.8 Å². The molecule has 0 atom stereocenters. The van der Waals surface area contributed by atoms with E-state index in [1.807, 2.05) is 0 Å². The van der Waals surface area contributed by atoms with E-state index in [-0.39, 0.29) is 16.0 Å². The van der Waals surface area contributed by atoms with Gasteiger partial charge in [0.25, 0.3) is 0 Å². The van der Waals surface area contributed by atoms with Gasteiger partial charge in [-0.25, -0.2) is 18.4 Å². The predicted molar refractivity (Wildman–Crippen MR) is 100 cm³/mol. The second kappa shape index (κ2) is 6.36. The first-order valence-corrected chi connectivity index (χ1v) is 11.6. The lowest BCUT2D eigenvalue weighted by Gasteiger charge is -2.63. The fourth-order valence-corrected chi connectivity index (χ4v) is 7.27. The number of alkyl halides is 3. The molecule has 0 aromatic carbocycles. The molecule has 30 heavy (non-hydrogen) atoms. The van der Waals surface area contributed by atoms with Gasteiger partial charge in [0.15, 0.2) is 0 Å². The first kappa shape index (κ1) is 20.6. The summed E-state index contributed by atoms with van der Waals surface area (Å²) < 4.78 is 70.6. The third-order valence-corrected chi connectivity index (χ3v) is 9.37. The minimum atomic E-state index is -4.70. The molecule has 4 aliphatic rings. The van der Waals surface area contributed by atoms with Crippen molar-refractivity contribution in [3.8, 4) is 0 Å². The zero-order valence-corrected chi connectivity index (χ0v) is 17.8. The van der Waals surface area contributed by atoms with Crippen molar-refractivity contribution in [3.63, 3.8) is 0 Å². The number of aromatic nitrogens is 2. The van der Waals surface area contributed by atoms with Crippen LogP contribution in [0.15, 0.2) is 11.1 Å². The van der Waals surface area contributed by atoms with E-state index < -0.39 is 22.0 Å². The van der Waals surface area contributed by atoms with Crippen molar-refractivity contribution < 1.29 is 26.3 Å². The van der Waals surface area contributed by atoms with Gasteiger partial charge in [-0.2, -0.15) is 17.5 Å². The molecule has 7 nitrogen and oxygen atoms in total. The molecule has 0 N–H and O–H groups in total.